The number of hydrogen-bond acceptors (Lipinski definition) is 2. The van der Waals surface area contributed by atoms with Gasteiger partial charge in [-0.1, -0.05) is 0 Å². The number of carbonyl (C=O) groups excluding carboxylic acids is 1. The zero-order valence-corrected chi connectivity index (χ0v) is 7.18. The van der Waals surface area contributed by atoms with Gasteiger partial charge in [-0.25, -0.2) is 0 Å². The molecule has 0 radical (unpaired) electrons. The van der Waals surface area contributed by atoms with E-state index in [1.807, 2.05) is 0 Å². The zero-order valence-electron chi connectivity index (χ0n) is 7.18. The molecule has 1 atom stereocenters. The van der Waals surface area contributed by atoms with E-state index in [0.29, 0.717) is 0 Å². The van der Waals surface area contributed by atoms with E-state index >= 15 is 0 Å². The van der Waals surface area contributed by atoms with Crippen molar-refractivity contribution in [3.63, 3.8) is 0 Å². The predicted molar refractivity (Wildman–Crippen MR) is 44.7 cm³/mol. The highest BCUT2D eigenvalue weighted by molar-refractivity contribution is 5.85. The molecule has 1 aliphatic carbocycles. The Morgan fingerprint density at radius 1 is 1.50 bits per heavy atom. The summed E-state index contributed by atoms with van der Waals surface area (Å²) in [4.78, 5) is 13.4. The molecule has 1 spiro atoms. The highest BCUT2D eigenvalue weighted by Gasteiger charge is 2.50. The number of hydrogen-bond donors (Lipinski definition) is 1. The summed E-state index contributed by atoms with van der Waals surface area (Å²) in [7, 11) is 0. The van der Waals surface area contributed by atoms with Gasteiger partial charge in [0.25, 0.3) is 0 Å². The molecule has 2 saturated heterocycles. The van der Waals surface area contributed by atoms with Crippen LogP contribution in [-0.4, -0.2) is 35.5 Å². The lowest BCUT2D eigenvalue weighted by molar-refractivity contribution is -0.132. The normalized spacial score (nSPS) is 41.5. The third-order valence-corrected chi connectivity index (χ3v) is 3.35. The second-order valence-corrected chi connectivity index (χ2v) is 4.46. The van der Waals surface area contributed by atoms with Gasteiger partial charge >= 0.3 is 0 Å². The molecule has 3 nitrogen and oxygen atoms in total. The first kappa shape index (κ1) is 6.89. The summed E-state index contributed by atoms with van der Waals surface area (Å²) in [5.74, 6) is 0.243. The fraction of sp³-hybridized carbons (Fsp3) is 0.889. The standard InChI is InChI=1S/C9H14N2O/c12-8-5-9(10-8)3-4-11(6-9)7-1-2-7/h7H,1-6H2,(H,10,12). The quantitative estimate of drug-likeness (QED) is 0.561. The Morgan fingerprint density at radius 3 is 2.83 bits per heavy atom. The van der Waals surface area contributed by atoms with Crippen molar-refractivity contribution in [1.82, 2.24) is 10.2 Å². The van der Waals surface area contributed by atoms with Crippen LogP contribution in [0.1, 0.15) is 25.7 Å². The van der Waals surface area contributed by atoms with Crippen LogP contribution in [0.5, 0.6) is 0 Å². The highest BCUT2D eigenvalue weighted by Crippen LogP contribution is 2.37. The number of β-lactam (4-membered cyclic amide) rings is 1. The van der Waals surface area contributed by atoms with E-state index in [-0.39, 0.29) is 11.4 Å². The van der Waals surface area contributed by atoms with Gasteiger partial charge in [-0.2, -0.15) is 0 Å². The van der Waals surface area contributed by atoms with Crippen molar-refractivity contribution in [2.45, 2.75) is 37.3 Å². The lowest BCUT2D eigenvalue weighted by Crippen LogP contribution is -2.62. The number of nitrogens with one attached hydrogen (secondary N) is 1. The average Bonchev–Trinajstić information content (AvgIpc) is 2.73. The Morgan fingerprint density at radius 2 is 2.25 bits per heavy atom. The van der Waals surface area contributed by atoms with Crippen molar-refractivity contribution in [3.05, 3.63) is 0 Å². The summed E-state index contributed by atoms with van der Waals surface area (Å²) in [6, 6.07) is 0.863. The van der Waals surface area contributed by atoms with Gasteiger partial charge in [0.15, 0.2) is 0 Å². The van der Waals surface area contributed by atoms with Crippen LogP contribution in [-0.2, 0) is 4.79 Å². The van der Waals surface area contributed by atoms with E-state index in [9.17, 15) is 4.79 Å². The van der Waals surface area contributed by atoms with Crippen molar-refractivity contribution in [3.8, 4) is 0 Å². The molecule has 1 saturated carbocycles. The Bertz CT molecular complexity index is 227. The number of nitrogens with zero attached hydrogens (tertiary/aromatic N) is 1. The van der Waals surface area contributed by atoms with Crippen LogP contribution >= 0.6 is 0 Å². The highest BCUT2D eigenvalue weighted by atomic mass is 16.2. The molecule has 3 fully saturated rings. The topological polar surface area (TPSA) is 32.3 Å². The van der Waals surface area contributed by atoms with Crippen LogP contribution in [0.15, 0.2) is 0 Å². The molecule has 3 rings (SSSR count). The Balaban J connectivity index is 1.66. The van der Waals surface area contributed by atoms with Crippen LogP contribution in [0.3, 0.4) is 0 Å². The first-order valence-corrected chi connectivity index (χ1v) is 4.83. The molecule has 3 aliphatic rings. The van der Waals surface area contributed by atoms with Crippen LogP contribution in [0.4, 0.5) is 0 Å². The minimum Gasteiger partial charge on any atom is -0.349 e. The second-order valence-electron chi connectivity index (χ2n) is 4.46. The first-order chi connectivity index (χ1) is 5.77. The van der Waals surface area contributed by atoms with E-state index in [1.54, 1.807) is 0 Å². The molecule has 12 heavy (non-hydrogen) atoms. The molecule has 66 valence electrons. The van der Waals surface area contributed by atoms with Gasteiger partial charge in [-0.05, 0) is 19.3 Å². The van der Waals surface area contributed by atoms with Gasteiger partial charge in [-0.15, -0.1) is 0 Å². The fourth-order valence-electron chi connectivity index (χ4n) is 2.49. The van der Waals surface area contributed by atoms with Crippen molar-refractivity contribution in [2.24, 2.45) is 0 Å². The molecule has 0 aromatic carbocycles. The third kappa shape index (κ3) is 0.891. The maximum absolute atomic E-state index is 10.8. The monoisotopic (exact) mass is 166 g/mol. The molecular weight excluding hydrogens is 152 g/mol. The summed E-state index contributed by atoms with van der Waals surface area (Å²) < 4.78 is 0. The number of amides is 1. The lowest BCUT2D eigenvalue weighted by Gasteiger charge is -2.38. The Hall–Kier alpha value is -0.570. The molecule has 0 aromatic rings. The summed E-state index contributed by atoms with van der Waals surface area (Å²) in [6.07, 6.45) is 4.71. The molecule has 1 N–H and O–H groups in total. The molecule has 0 aromatic heterocycles. The van der Waals surface area contributed by atoms with Gasteiger partial charge in [0.1, 0.15) is 0 Å². The summed E-state index contributed by atoms with van der Waals surface area (Å²) in [6.45, 7) is 2.31. The third-order valence-electron chi connectivity index (χ3n) is 3.35. The van der Waals surface area contributed by atoms with Crippen molar-refractivity contribution >= 4 is 5.91 Å². The minimum absolute atomic E-state index is 0.208. The predicted octanol–water partition coefficient (Wildman–Crippen LogP) is 0.113. The maximum Gasteiger partial charge on any atom is 0.222 e. The average molecular weight is 166 g/mol. The van der Waals surface area contributed by atoms with E-state index in [0.717, 1.165) is 19.0 Å². The van der Waals surface area contributed by atoms with Crippen molar-refractivity contribution in [2.75, 3.05) is 13.1 Å². The van der Waals surface area contributed by atoms with E-state index < -0.39 is 0 Å². The number of rotatable bonds is 1. The first-order valence-electron chi connectivity index (χ1n) is 4.83. The SMILES string of the molecule is O=C1CC2(CCN(C3CC3)C2)N1. The summed E-state index contributed by atoms with van der Waals surface area (Å²) in [5.41, 5.74) is 0.208. The molecule has 2 heterocycles. The van der Waals surface area contributed by atoms with Crippen molar-refractivity contribution in [1.29, 1.82) is 0 Å². The Kier molecular flexibility index (Phi) is 1.16. The van der Waals surface area contributed by atoms with E-state index in [2.05, 4.69) is 10.2 Å². The van der Waals surface area contributed by atoms with Crippen LogP contribution in [0.2, 0.25) is 0 Å². The van der Waals surface area contributed by atoms with Crippen LogP contribution in [0, 0.1) is 0 Å². The van der Waals surface area contributed by atoms with Crippen LogP contribution < -0.4 is 5.32 Å². The second kappa shape index (κ2) is 2.02. The maximum atomic E-state index is 10.8. The number of likely N-dealkylation sites (tertiary alicyclic amines) is 1. The van der Waals surface area contributed by atoms with Crippen molar-refractivity contribution < 1.29 is 4.79 Å². The molecule has 1 amide bonds. The smallest absolute Gasteiger partial charge is 0.222 e. The fourth-order valence-corrected chi connectivity index (χ4v) is 2.49. The van der Waals surface area contributed by atoms with E-state index in [1.165, 1.54) is 25.8 Å². The molecule has 2 aliphatic heterocycles. The van der Waals surface area contributed by atoms with Crippen LogP contribution in [0.25, 0.3) is 0 Å². The Labute approximate surface area is 72.1 Å². The minimum atomic E-state index is 0.208. The summed E-state index contributed by atoms with van der Waals surface area (Å²) in [5, 5.41) is 3.05. The van der Waals surface area contributed by atoms with E-state index in [4.69, 9.17) is 0 Å². The molecule has 1 unspecified atom stereocenters. The van der Waals surface area contributed by atoms with Gasteiger partial charge in [0.2, 0.25) is 5.91 Å². The lowest BCUT2D eigenvalue weighted by atomic mass is 9.86. The summed E-state index contributed by atoms with van der Waals surface area (Å²) >= 11 is 0. The molecular formula is C9H14N2O. The molecule has 3 heteroatoms. The van der Waals surface area contributed by atoms with Gasteiger partial charge in [0.05, 0.1) is 12.0 Å². The largest absolute Gasteiger partial charge is 0.349 e. The zero-order chi connectivity index (χ0) is 8.18. The molecule has 0 bridgehead atoms. The van der Waals surface area contributed by atoms with Gasteiger partial charge in [-0.3, -0.25) is 9.69 Å². The number of carbonyl (C=O) groups is 1. The van der Waals surface area contributed by atoms with Gasteiger partial charge < -0.3 is 5.32 Å². The van der Waals surface area contributed by atoms with Gasteiger partial charge in [0, 0.05) is 19.1 Å².